The zero-order valence-electron chi connectivity index (χ0n) is 12.9. The summed E-state index contributed by atoms with van der Waals surface area (Å²) in [5.74, 6) is 0.973. The Morgan fingerprint density at radius 3 is 2.71 bits per heavy atom. The van der Waals surface area contributed by atoms with Crippen LogP contribution in [0.1, 0.15) is 33.1 Å². The molecule has 1 fully saturated rings. The van der Waals surface area contributed by atoms with Crippen molar-refractivity contribution >= 4 is 17.3 Å². The monoisotopic (exact) mass is 291 g/mol. The van der Waals surface area contributed by atoms with Gasteiger partial charge in [-0.2, -0.15) is 0 Å². The van der Waals surface area contributed by atoms with Crippen LogP contribution >= 0.6 is 0 Å². The molecular formula is C16H25N3O2. The Hall–Kier alpha value is -1.91. The number of hydrogen-bond donors (Lipinski definition) is 2. The second-order valence-corrected chi connectivity index (χ2v) is 5.72. The van der Waals surface area contributed by atoms with Crippen molar-refractivity contribution in [1.29, 1.82) is 0 Å². The number of carbonyl (C=O) groups is 1. The lowest BCUT2D eigenvalue weighted by Crippen LogP contribution is -2.29. The first-order valence-corrected chi connectivity index (χ1v) is 7.63. The number of benzene rings is 1. The molecule has 3 N–H and O–H groups in total. The van der Waals surface area contributed by atoms with Crippen LogP contribution in [0.3, 0.4) is 0 Å². The summed E-state index contributed by atoms with van der Waals surface area (Å²) in [6.07, 6.45) is 2.88. The number of nitrogens with two attached hydrogens (primary N) is 1. The quantitative estimate of drug-likeness (QED) is 0.790. The van der Waals surface area contributed by atoms with Gasteiger partial charge >= 0.3 is 0 Å². The summed E-state index contributed by atoms with van der Waals surface area (Å²) in [6.45, 7) is 6.38. The van der Waals surface area contributed by atoms with Crippen molar-refractivity contribution in [2.24, 2.45) is 0 Å². The molecular weight excluding hydrogens is 266 g/mol. The summed E-state index contributed by atoms with van der Waals surface area (Å²) < 4.78 is 5.65. The molecule has 0 aromatic heterocycles. The third-order valence-corrected chi connectivity index (χ3v) is 3.43. The smallest absolute Gasteiger partial charge is 0.224 e. The van der Waals surface area contributed by atoms with Gasteiger partial charge in [-0.25, -0.2) is 0 Å². The van der Waals surface area contributed by atoms with Gasteiger partial charge < -0.3 is 20.7 Å². The number of amides is 1. The van der Waals surface area contributed by atoms with Crippen LogP contribution in [0, 0.1) is 0 Å². The number of hydrogen-bond acceptors (Lipinski definition) is 4. The first-order chi connectivity index (χ1) is 10.0. The van der Waals surface area contributed by atoms with E-state index >= 15 is 0 Å². The molecule has 5 heteroatoms. The van der Waals surface area contributed by atoms with E-state index in [2.05, 4.69) is 5.32 Å². The van der Waals surface area contributed by atoms with Crippen molar-refractivity contribution in [2.75, 3.05) is 30.7 Å². The molecule has 0 spiro atoms. The van der Waals surface area contributed by atoms with Crippen molar-refractivity contribution in [3.63, 3.8) is 0 Å². The van der Waals surface area contributed by atoms with E-state index in [1.54, 1.807) is 6.07 Å². The largest absolute Gasteiger partial charge is 0.491 e. The molecule has 1 heterocycles. The van der Waals surface area contributed by atoms with Gasteiger partial charge in [0.05, 0.1) is 6.10 Å². The fourth-order valence-corrected chi connectivity index (χ4v) is 2.50. The van der Waals surface area contributed by atoms with Gasteiger partial charge in [0.1, 0.15) is 5.75 Å². The highest BCUT2D eigenvalue weighted by atomic mass is 16.5. The molecule has 0 atom stereocenters. The van der Waals surface area contributed by atoms with E-state index < -0.39 is 0 Å². The molecule has 0 unspecified atom stereocenters. The molecule has 2 rings (SSSR count). The van der Waals surface area contributed by atoms with E-state index in [9.17, 15) is 4.79 Å². The fourth-order valence-electron chi connectivity index (χ4n) is 2.50. The Balaban J connectivity index is 1.84. The maximum absolute atomic E-state index is 12.0. The molecule has 0 bridgehead atoms. The van der Waals surface area contributed by atoms with Gasteiger partial charge in [0, 0.05) is 49.6 Å². The fraction of sp³-hybridized carbons (Fsp3) is 0.562. The Morgan fingerprint density at radius 1 is 1.33 bits per heavy atom. The van der Waals surface area contributed by atoms with Gasteiger partial charge in [-0.3, -0.25) is 4.79 Å². The van der Waals surface area contributed by atoms with E-state index in [-0.39, 0.29) is 12.0 Å². The topological polar surface area (TPSA) is 67.6 Å². The van der Waals surface area contributed by atoms with E-state index in [1.165, 1.54) is 0 Å². The summed E-state index contributed by atoms with van der Waals surface area (Å²) >= 11 is 0. The van der Waals surface area contributed by atoms with Crippen molar-refractivity contribution in [3.05, 3.63) is 18.2 Å². The maximum atomic E-state index is 12.0. The van der Waals surface area contributed by atoms with Crippen molar-refractivity contribution < 1.29 is 9.53 Å². The lowest BCUT2D eigenvalue weighted by Gasteiger charge is -2.16. The number of likely N-dealkylation sites (tertiary alicyclic amines) is 1. The minimum Gasteiger partial charge on any atom is -0.491 e. The normalized spacial score (nSPS) is 14.5. The molecule has 1 amide bonds. The maximum Gasteiger partial charge on any atom is 0.224 e. The number of anilines is 2. The molecule has 1 aliphatic heterocycles. The van der Waals surface area contributed by atoms with Crippen molar-refractivity contribution in [1.82, 2.24) is 4.90 Å². The summed E-state index contributed by atoms with van der Waals surface area (Å²) in [4.78, 5) is 13.9. The van der Waals surface area contributed by atoms with Crippen LogP contribution in [-0.2, 0) is 4.79 Å². The Kier molecular flexibility index (Phi) is 5.31. The van der Waals surface area contributed by atoms with E-state index in [1.807, 2.05) is 30.9 Å². The lowest BCUT2D eigenvalue weighted by molar-refractivity contribution is -0.129. The number of carbonyl (C=O) groups excluding carboxylic acids is 1. The second kappa shape index (κ2) is 7.20. The molecule has 5 nitrogen and oxygen atoms in total. The van der Waals surface area contributed by atoms with E-state index in [4.69, 9.17) is 10.5 Å². The highest BCUT2D eigenvalue weighted by Crippen LogP contribution is 2.23. The summed E-state index contributed by atoms with van der Waals surface area (Å²) in [7, 11) is 0. The van der Waals surface area contributed by atoms with Gasteiger partial charge in [-0.1, -0.05) is 0 Å². The van der Waals surface area contributed by atoms with Crippen LogP contribution in [0.15, 0.2) is 18.2 Å². The summed E-state index contributed by atoms with van der Waals surface area (Å²) in [5, 5.41) is 3.25. The first kappa shape index (κ1) is 15.5. The summed E-state index contributed by atoms with van der Waals surface area (Å²) in [6, 6.07) is 5.57. The van der Waals surface area contributed by atoms with Crippen LogP contribution in [0.25, 0.3) is 0 Å². The zero-order chi connectivity index (χ0) is 15.2. The molecule has 1 aliphatic rings. The Bertz CT molecular complexity index is 482. The Morgan fingerprint density at radius 2 is 2.05 bits per heavy atom. The zero-order valence-corrected chi connectivity index (χ0v) is 12.9. The Labute approximate surface area is 126 Å². The molecule has 1 aromatic carbocycles. The predicted molar refractivity (Wildman–Crippen MR) is 85.5 cm³/mol. The number of ether oxygens (including phenoxy) is 1. The van der Waals surface area contributed by atoms with Crippen LogP contribution in [0.2, 0.25) is 0 Å². The standard InChI is InChI=1S/C16H25N3O2/c1-12(2)21-15-10-13(17)9-14(11-15)18-6-5-16(20)19-7-3-4-8-19/h9-12,18H,3-8,17H2,1-2H3. The van der Waals surface area contributed by atoms with Crippen LogP contribution < -0.4 is 15.8 Å². The van der Waals surface area contributed by atoms with Gasteiger partial charge in [0.15, 0.2) is 0 Å². The minimum atomic E-state index is 0.108. The van der Waals surface area contributed by atoms with E-state index in [0.717, 1.165) is 37.4 Å². The minimum absolute atomic E-state index is 0.108. The molecule has 21 heavy (non-hydrogen) atoms. The van der Waals surface area contributed by atoms with Crippen LogP contribution in [0.4, 0.5) is 11.4 Å². The molecule has 1 aromatic rings. The number of nitrogens with one attached hydrogen (secondary N) is 1. The van der Waals surface area contributed by atoms with Gasteiger partial charge in [0.25, 0.3) is 0 Å². The van der Waals surface area contributed by atoms with Crippen LogP contribution in [0.5, 0.6) is 5.75 Å². The van der Waals surface area contributed by atoms with Gasteiger partial charge in [-0.15, -0.1) is 0 Å². The molecule has 0 aliphatic carbocycles. The van der Waals surface area contributed by atoms with Crippen molar-refractivity contribution in [3.8, 4) is 5.75 Å². The third-order valence-electron chi connectivity index (χ3n) is 3.43. The summed E-state index contributed by atoms with van der Waals surface area (Å²) in [5.41, 5.74) is 7.41. The molecule has 116 valence electrons. The number of nitrogens with zero attached hydrogens (tertiary/aromatic N) is 1. The average molecular weight is 291 g/mol. The molecule has 0 radical (unpaired) electrons. The highest BCUT2D eigenvalue weighted by molar-refractivity contribution is 5.77. The van der Waals surface area contributed by atoms with Crippen molar-refractivity contribution in [2.45, 2.75) is 39.2 Å². The lowest BCUT2D eigenvalue weighted by atomic mass is 10.2. The third kappa shape index (κ3) is 4.85. The number of nitrogen functional groups attached to an aromatic ring is 1. The first-order valence-electron chi connectivity index (χ1n) is 7.63. The highest BCUT2D eigenvalue weighted by Gasteiger charge is 2.17. The van der Waals surface area contributed by atoms with Crippen LogP contribution in [-0.4, -0.2) is 36.5 Å². The molecule has 0 saturated carbocycles. The SMILES string of the molecule is CC(C)Oc1cc(N)cc(NCCC(=O)N2CCCC2)c1. The average Bonchev–Trinajstić information content (AvgIpc) is 2.90. The molecule has 1 saturated heterocycles. The van der Waals surface area contributed by atoms with E-state index in [0.29, 0.717) is 18.7 Å². The second-order valence-electron chi connectivity index (χ2n) is 5.72. The number of rotatable bonds is 6. The van der Waals surface area contributed by atoms with Gasteiger partial charge in [-0.05, 0) is 32.8 Å². The van der Waals surface area contributed by atoms with Gasteiger partial charge in [0.2, 0.25) is 5.91 Å². The predicted octanol–water partition coefficient (Wildman–Crippen LogP) is 2.48.